The molecule has 0 unspecified atom stereocenters. The van der Waals surface area contributed by atoms with E-state index >= 15 is 0 Å². The summed E-state index contributed by atoms with van der Waals surface area (Å²) in [4.78, 5) is 21.8. The Hall–Kier alpha value is -0.860. The average Bonchev–Trinajstić information content (AvgIpc) is 2.33. The first-order chi connectivity index (χ1) is 8.95. The Morgan fingerprint density at radius 1 is 1.47 bits per heavy atom. The van der Waals surface area contributed by atoms with Crippen LogP contribution in [0, 0.1) is 10.1 Å². The van der Waals surface area contributed by atoms with Crippen molar-refractivity contribution in [1.29, 1.82) is 0 Å². The number of carbonyl (C=O) groups is 1. The highest BCUT2D eigenvalue weighted by Crippen LogP contribution is 2.35. The third kappa shape index (κ3) is 4.96. The maximum atomic E-state index is 11.7. The predicted octanol–water partition coefficient (Wildman–Crippen LogP) is 3.98. The van der Waals surface area contributed by atoms with Crippen molar-refractivity contribution >= 4 is 60.9 Å². The van der Waals surface area contributed by atoms with Gasteiger partial charge in [0.2, 0.25) is 5.91 Å². The monoisotopic (exact) mass is 408 g/mol. The second-order valence-corrected chi connectivity index (χ2v) is 6.13. The van der Waals surface area contributed by atoms with Gasteiger partial charge < -0.3 is 5.32 Å². The van der Waals surface area contributed by atoms with Gasteiger partial charge in [-0.25, -0.2) is 0 Å². The quantitative estimate of drug-likeness (QED) is 0.334. The summed E-state index contributed by atoms with van der Waals surface area (Å²) in [7, 11) is 0. The molecule has 0 aliphatic rings. The SMILES string of the molecule is C=CCSCC(=O)Nc1c(Br)cc([N+](=O)[O-])cc1Br. The summed E-state index contributed by atoms with van der Waals surface area (Å²) in [6, 6.07) is 2.69. The molecule has 0 atom stereocenters. The van der Waals surface area contributed by atoms with Gasteiger partial charge >= 0.3 is 0 Å². The molecule has 102 valence electrons. The van der Waals surface area contributed by atoms with Gasteiger partial charge in [-0.05, 0) is 31.9 Å². The van der Waals surface area contributed by atoms with Crippen molar-refractivity contribution < 1.29 is 9.72 Å². The highest BCUT2D eigenvalue weighted by Gasteiger charge is 2.15. The Bertz CT molecular complexity index is 500. The Morgan fingerprint density at radius 2 is 2.05 bits per heavy atom. The van der Waals surface area contributed by atoms with Crippen molar-refractivity contribution in [2.45, 2.75) is 0 Å². The lowest BCUT2D eigenvalue weighted by atomic mass is 10.3. The summed E-state index contributed by atoms with van der Waals surface area (Å²) in [5.74, 6) is 0.805. The molecule has 1 aromatic carbocycles. The number of halogens is 2. The van der Waals surface area contributed by atoms with Gasteiger partial charge in [0.05, 0.1) is 16.4 Å². The number of rotatable bonds is 6. The number of anilines is 1. The molecule has 1 N–H and O–H groups in total. The number of amides is 1. The second-order valence-electron chi connectivity index (χ2n) is 3.39. The zero-order valence-corrected chi connectivity index (χ0v) is 13.7. The number of nitrogens with zero attached hydrogens (tertiary/aromatic N) is 1. The Balaban J connectivity index is 2.81. The van der Waals surface area contributed by atoms with Crippen LogP contribution in [0.4, 0.5) is 11.4 Å². The van der Waals surface area contributed by atoms with Crippen LogP contribution in [0.25, 0.3) is 0 Å². The number of thioether (sulfide) groups is 1. The predicted molar refractivity (Wildman–Crippen MR) is 84.6 cm³/mol. The van der Waals surface area contributed by atoms with E-state index in [1.807, 2.05) is 0 Å². The molecule has 0 aliphatic heterocycles. The summed E-state index contributed by atoms with van der Waals surface area (Å²) in [6.07, 6.45) is 1.72. The standard InChI is InChI=1S/C11H10Br2N2O3S/c1-2-3-19-6-10(16)14-11-8(12)4-7(15(17)18)5-9(11)13/h2,4-5H,1,3,6H2,(H,14,16). The average molecular weight is 410 g/mol. The van der Waals surface area contributed by atoms with E-state index in [0.29, 0.717) is 26.1 Å². The topological polar surface area (TPSA) is 72.2 Å². The first kappa shape index (κ1) is 16.2. The summed E-state index contributed by atoms with van der Waals surface area (Å²) < 4.78 is 0.909. The van der Waals surface area contributed by atoms with E-state index in [0.717, 1.165) is 0 Å². The maximum Gasteiger partial charge on any atom is 0.271 e. The first-order valence-corrected chi connectivity index (χ1v) is 7.81. The van der Waals surface area contributed by atoms with Crippen molar-refractivity contribution in [2.24, 2.45) is 0 Å². The zero-order chi connectivity index (χ0) is 14.4. The van der Waals surface area contributed by atoms with Gasteiger partial charge in [-0.15, -0.1) is 18.3 Å². The van der Waals surface area contributed by atoms with Crippen LogP contribution in [0.15, 0.2) is 33.7 Å². The van der Waals surface area contributed by atoms with Gasteiger partial charge in [0.25, 0.3) is 5.69 Å². The lowest BCUT2D eigenvalue weighted by Crippen LogP contribution is -2.15. The second kappa shape index (κ2) is 7.66. The van der Waals surface area contributed by atoms with E-state index in [9.17, 15) is 14.9 Å². The summed E-state index contributed by atoms with van der Waals surface area (Å²) in [5.41, 5.74) is 0.424. The van der Waals surface area contributed by atoms with E-state index in [2.05, 4.69) is 43.8 Å². The van der Waals surface area contributed by atoms with Gasteiger partial charge in [0.15, 0.2) is 0 Å². The smallest absolute Gasteiger partial charge is 0.271 e. The van der Waals surface area contributed by atoms with Crippen LogP contribution in [-0.4, -0.2) is 22.3 Å². The lowest BCUT2D eigenvalue weighted by Gasteiger charge is -2.09. The largest absolute Gasteiger partial charge is 0.323 e. The number of nitro groups is 1. The highest BCUT2D eigenvalue weighted by atomic mass is 79.9. The first-order valence-electron chi connectivity index (χ1n) is 5.07. The third-order valence-corrected chi connectivity index (χ3v) is 4.16. The summed E-state index contributed by atoms with van der Waals surface area (Å²) >= 11 is 7.84. The molecule has 19 heavy (non-hydrogen) atoms. The number of nitrogens with one attached hydrogen (secondary N) is 1. The Morgan fingerprint density at radius 3 is 2.53 bits per heavy atom. The fraction of sp³-hybridized carbons (Fsp3) is 0.182. The number of hydrogen-bond acceptors (Lipinski definition) is 4. The van der Waals surface area contributed by atoms with E-state index in [4.69, 9.17) is 0 Å². The molecule has 0 saturated carbocycles. The molecule has 8 heteroatoms. The van der Waals surface area contributed by atoms with Crippen LogP contribution in [-0.2, 0) is 4.79 Å². The van der Waals surface area contributed by atoms with E-state index in [-0.39, 0.29) is 11.6 Å². The van der Waals surface area contributed by atoms with Crippen LogP contribution in [0.3, 0.4) is 0 Å². The van der Waals surface area contributed by atoms with Gasteiger partial charge in [-0.2, -0.15) is 0 Å². The Kier molecular flexibility index (Phi) is 6.53. The minimum Gasteiger partial charge on any atom is -0.323 e. The van der Waals surface area contributed by atoms with Crippen LogP contribution >= 0.6 is 43.6 Å². The minimum absolute atomic E-state index is 0.0576. The van der Waals surface area contributed by atoms with E-state index < -0.39 is 4.92 Å². The molecule has 0 fully saturated rings. The van der Waals surface area contributed by atoms with Gasteiger partial charge in [0, 0.05) is 26.8 Å². The number of hydrogen-bond donors (Lipinski definition) is 1. The van der Waals surface area contributed by atoms with Crippen LogP contribution in [0.5, 0.6) is 0 Å². The molecule has 0 spiro atoms. The van der Waals surface area contributed by atoms with Crippen molar-refractivity contribution in [3.63, 3.8) is 0 Å². The van der Waals surface area contributed by atoms with Crippen LogP contribution in [0.2, 0.25) is 0 Å². The molecule has 1 rings (SSSR count). The molecule has 0 aromatic heterocycles. The number of non-ortho nitro benzene ring substituents is 1. The molecule has 1 aromatic rings. The van der Waals surface area contributed by atoms with E-state index in [1.54, 1.807) is 6.08 Å². The molecule has 0 heterocycles. The number of benzene rings is 1. The molecule has 5 nitrogen and oxygen atoms in total. The normalized spacial score (nSPS) is 10.0. The van der Waals surface area contributed by atoms with Gasteiger partial charge in [0.1, 0.15) is 0 Å². The Labute approximate surface area is 131 Å². The van der Waals surface area contributed by atoms with Gasteiger partial charge in [-0.1, -0.05) is 6.08 Å². The van der Waals surface area contributed by atoms with Crippen molar-refractivity contribution in [3.8, 4) is 0 Å². The summed E-state index contributed by atoms with van der Waals surface area (Å²) in [6.45, 7) is 3.56. The van der Waals surface area contributed by atoms with Gasteiger partial charge in [-0.3, -0.25) is 14.9 Å². The van der Waals surface area contributed by atoms with Crippen LogP contribution in [0.1, 0.15) is 0 Å². The highest BCUT2D eigenvalue weighted by molar-refractivity contribution is 9.11. The molecular weight excluding hydrogens is 400 g/mol. The number of nitro benzene ring substituents is 1. The minimum atomic E-state index is -0.499. The molecule has 0 radical (unpaired) electrons. The van der Waals surface area contributed by atoms with Crippen molar-refractivity contribution in [2.75, 3.05) is 16.8 Å². The van der Waals surface area contributed by atoms with Crippen molar-refractivity contribution in [1.82, 2.24) is 0 Å². The maximum absolute atomic E-state index is 11.7. The van der Waals surface area contributed by atoms with Crippen molar-refractivity contribution in [3.05, 3.63) is 43.8 Å². The lowest BCUT2D eigenvalue weighted by molar-refractivity contribution is -0.385. The third-order valence-electron chi connectivity index (χ3n) is 1.97. The zero-order valence-electron chi connectivity index (χ0n) is 9.69. The fourth-order valence-electron chi connectivity index (χ4n) is 1.20. The van der Waals surface area contributed by atoms with E-state index in [1.165, 1.54) is 23.9 Å². The van der Waals surface area contributed by atoms with Crippen LogP contribution < -0.4 is 5.32 Å². The molecule has 0 saturated heterocycles. The number of carbonyl (C=O) groups excluding carboxylic acids is 1. The molecule has 1 amide bonds. The summed E-state index contributed by atoms with van der Waals surface area (Å²) in [5, 5.41) is 13.4. The molecule has 0 aliphatic carbocycles. The molecular formula is C11H10Br2N2O3S. The molecule has 0 bridgehead atoms. The fourth-order valence-corrected chi connectivity index (χ4v) is 3.10.